The molecule has 1 aliphatic carbocycles. The molecule has 1 saturated carbocycles. The van der Waals surface area contributed by atoms with Crippen LogP contribution in [0.4, 0.5) is 4.39 Å². The van der Waals surface area contributed by atoms with Gasteiger partial charge in [0.2, 0.25) is 11.8 Å². The van der Waals surface area contributed by atoms with Crippen LogP contribution < -0.4 is 21.1 Å². The number of benzene rings is 1. The summed E-state index contributed by atoms with van der Waals surface area (Å²) in [7, 11) is 0. The zero-order chi connectivity index (χ0) is 32.8. The second-order valence-electron chi connectivity index (χ2n) is 13.3. The third kappa shape index (κ3) is 9.01. The number of nitrogens with zero attached hydrogens (tertiary/aromatic N) is 2. The maximum absolute atomic E-state index is 14.5. The summed E-state index contributed by atoms with van der Waals surface area (Å²) in [5, 5.41) is 16.0. The Bertz CT molecular complexity index is 1340. The second kappa shape index (κ2) is 15.0. The number of nitrogens with one attached hydrogen (secondary N) is 2. The Hall–Kier alpha value is -3.09. The number of carbonyl (C=O) groups is 3. The molecule has 0 unspecified atom stereocenters. The average Bonchev–Trinajstić information content (AvgIpc) is 3.40. The molecule has 1 saturated heterocycles. The zero-order valence-electron chi connectivity index (χ0n) is 26.9. The number of hydrogen-bond donors (Lipinski definition) is 4. The summed E-state index contributed by atoms with van der Waals surface area (Å²) in [5.74, 6) is -1.08. The van der Waals surface area contributed by atoms with Gasteiger partial charge in [0, 0.05) is 25.1 Å². The number of alkyl halides is 1. The Morgan fingerprint density at radius 1 is 1.20 bits per heavy atom. The lowest BCUT2D eigenvalue weighted by Crippen LogP contribution is -2.59. The number of aromatic nitrogens is 1. The van der Waals surface area contributed by atoms with E-state index in [1.54, 1.807) is 37.6 Å². The Morgan fingerprint density at radius 2 is 1.91 bits per heavy atom. The first kappa shape index (κ1) is 34.8. The molecule has 10 nitrogen and oxygen atoms in total. The van der Waals surface area contributed by atoms with Crippen molar-refractivity contribution >= 4 is 29.1 Å². The van der Waals surface area contributed by atoms with Crippen molar-refractivity contribution in [1.29, 1.82) is 0 Å². The molecule has 248 valence electrons. The lowest BCUT2D eigenvalue weighted by molar-refractivity contribution is -0.145. The number of thiazole rings is 1. The van der Waals surface area contributed by atoms with Crippen LogP contribution in [-0.2, 0) is 20.9 Å². The van der Waals surface area contributed by atoms with Gasteiger partial charge in [0.05, 0.1) is 28.8 Å². The highest BCUT2D eigenvalue weighted by Crippen LogP contribution is 2.40. The smallest absolute Gasteiger partial charge is 0.258 e. The van der Waals surface area contributed by atoms with Crippen LogP contribution in [0.25, 0.3) is 10.4 Å². The lowest BCUT2D eigenvalue weighted by atomic mass is 9.85. The van der Waals surface area contributed by atoms with E-state index in [4.69, 9.17) is 10.5 Å². The maximum atomic E-state index is 14.5. The molecular formula is C33H48FN5O5S. The van der Waals surface area contributed by atoms with Crippen molar-refractivity contribution in [2.24, 2.45) is 11.1 Å². The number of β-amino-alcohol motifs (C(OH)–C–C–N with tert-alkyl or cyclic N) is 1. The van der Waals surface area contributed by atoms with Gasteiger partial charge in [-0.2, -0.15) is 0 Å². The first-order valence-electron chi connectivity index (χ1n) is 16.0. The van der Waals surface area contributed by atoms with Crippen LogP contribution in [0.2, 0.25) is 0 Å². The minimum absolute atomic E-state index is 0.0529. The second-order valence-corrected chi connectivity index (χ2v) is 14.2. The van der Waals surface area contributed by atoms with Gasteiger partial charge in [0.15, 0.2) is 5.67 Å². The summed E-state index contributed by atoms with van der Waals surface area (Å²) in [6.07, 6.45) is 4.57. The van der Waals surface area contributed by atoms with Gasteiger partial charge < -0.3 is 31.1 Å². The number of nitrogens with two attached hydrogens (primary N) is 1. The largest absolute Gasteiger partial charge is 0.493 e. The van der Waals surface area contributed by atoms with Crippen molar-refractivity contribution in [3.63, 3.8) is 0 Å². The molecule has 0 radical (unpaired) electrons. The fraction of sp³-hybridized carbons (Fsp3) is 0.636. The van der Waals surface area contributed by atoms with E-state index in [0.717, 1.165) is 53.8 Å². The highest BCUT2D eigenvalue weighted by molar-refractivity contribution is 7.13. The third-order valence-electron chi connectivity index (χ3n) is 8.48. The molecule has 12 heteroatoms. The van der Waals surface area contributed by atoms with E-state index in [9.17, 15) is 23.9 Å². The maximum Gasteiger partial charge on any atom is 0.258 e. The minimum Gasteiger partial charge on any atom is -0.493 e. The lowest BCUT2D eigenvalue weighted by Gasteiger charge is -2.35. The summed E-state index contributed by atoms with van der Waals surface area (Å²) in [5.41, 5.74) is 7.40. The molecule has 2 heterocycles. The monoisotopic (exact) mass is 645 g/mol. The standard InChI is InChI=1S/C33H48FN5O5S/c1-21-27(45-20-37-21)22-10-11-23(26(16-22)44-15-9-7-5-6-8-14-35)18-36-29(41)25-17-24(40)19-39(25)30(42)28(32(2,3)4)38-31(43)33(34)12-13-33/h10-11,16,20,24-25,28,40H,5-9,12-15,17-19,35H2,1-4H3,(H,36,41)(H,38,43)/t24-,25+,28-/m1/s1. The van der Waals surface area contributed by atoms with Crippen molar-refractivity contribution in [3.05, 3.63) is 35.0 Å². The number of carbonyl (C=O) groups excluding carboxylic acids is 3. The van der Waals surface area contributed by atoms with E-state index >= 15 is 0 Å². The van der Waals surface area contributed by atoms with Crippen molar-refractivity contribution in [3.8, 4) is 16.2 Å². The number of halogens is 1. The topological polar surface area (TPSA) is 147 Å². The quantitative estimate of drug-likeness (QED) is 0.214. The van der Waals surface area contributed by atoms with Crippen LogP contribution in [0.3, 0.4) is 0 Å². The van der Waals surface area contributed by atoms with E-state index in [1.165, 1.54) is 4.90 Å². The molecule has 0 bridgehead atoms. The molecule has 2 aliphatic rings. The van der Waals surface area contributed by atoms with E-state index in [0.29, 0.717) is 18.9 Å². The molecule has 1 aliphatic heterocycles. The number of hydrogen-bond acceptors (Lipinski definition) is 8. The van der Waals surface area contributed by atoms with E-state index in [1.807, 2.05) is 25.1 Å². The van der Waals surface area contributed by atoms with Crippen molar-refractivity contribution in [2.75, 3.05) is 19.7 Å². The molecule has 3 amide bonds. The van der Waals surface area contributed by atoms with Crippen molar-refractivity contribution < 1.29 is 28.6 Å². The summed E-state index contributed by atoms with van der Waals surface area (Å²) in [4.78, 5) is 46.5. The number of aliphatic hydroxyl groups is 1. The van der Waals surface area contributed by atoms with Gasteiger partial charge in [-0.05, 0) is 56.2 Å². The molecule has 1 aromatic carbocycles. The first-order chi connectivity index (χ1) is 21.3. The number of ether oxygens (including phenoxy) is 1. The van der Waals surface area contributed by atoms with Gasteiger partial charge in [-0.15, -0.1) is 11.3 Å². The summed E-state index contributed by atoms with van der Waals surface area (Å²) in [6.45, 7) is 8.62. The summed E-state index contributed by atoms with van der Waals surface area (Å²) in [6, 6.07) is 3.88. The number of amides is 3. The van der Waals surface area contributed by atoms with Crippen molar-refractivity contribution in [2.45, 2.75) is 109 Å². The van der Waals surface area contributed by atoms with Crippen LogP contribution in [0, 0.1) is 12.3 Å². The van der Waals surface area contributed by atoms with Gasteiger partial charge in [0.1, 0.15) is 17.8 Å². The van der Waals surface area contributed by atoms with Gasteiger partial charge in [-0.1, -0.05) is 52.2 Å². The van der Waals surface area contributed by atoms with Gasteiger partial charge in [0.25, 0.3) is 5.91 Å². The summed E-state index contributed by atoms with van der Waals surface area (Å²) < 4.78 is 20.7. The third-order valence-corrected chi connectivity index (χ3v) is 9.46. The molecule has 2 aromatic rings. The fourth-order valence-electron chi connectivity index (χ4n) is 5.53. The molecule has 5 N–H and O–H groups in total. The van der Waals surface area contributed by atoms with Crippen LogP contribution in [-0.4, -0.2) is 76.3 Å². The normalized spacial score (nSPS) is 19.7. The number of aryl methyl sites for hydroxylation is 1. The molecule has 0 spiro atoms. The molecular weight excluding hydrogens is 597 g/mol. The molecule has 4 rings (SSSR count). The highest BCUT2D eigenvalue weighted by Gasteiger charge is 2.53. The fourth-order valence-corrected chi connectivity index (χ4v) is 6.33. The predicted octanol–water partition coefficient (Wildman–Crippen LogP) is 4.02. The van der Waals surface area contributed by atoms with Crippen LogP contribution in [0.15, 0.2) is 23.7 Å². The molecule has 2 fully saturated rings. The first-order valence-corrected chi connectivity index (χ1v) is 16.8. The number of likely N-dealkylation sites (tertiary alicyclic amines) is 1. The Balaban J connectivity index is 1.45. The number of rotatable bonds is 15. The Labute approximate surface area is 269 Å². The number of aliphatic hydroxyl groups excluding tert-OH is 1. The number of unbranched alkanes of at least 4 members (excludes halogenated alkanes) is 4. The summed E-state index contributed by atoms with van der Waals surface area (Å²) >= 11 is 1.55. The van der Waals surface area contributed by atoms with Crippen LogP contribution in [0.5, 0.6) is 5.75 Å². The van der Waals surface area contributed by atoms with E-state index in [2.05, 4.69) is 15.6 Å². The minimum atomic E-state index is -1.94. The van der Waals surface area contributed by atoms with Gasteiger partial charge in [-0.3, -0.25) is 14.4 Å². The SMILES string of the molecule is Cc1ncsc1-c1ccc(CNC(=O)[C@@H]2C[C@@H](O)CN2C(=O)[C@@H](NC(=O)C2(F)CC2)C(C)(C)C)c(OCCCCCCCN)c1. The van der Waals surface area contributed by atoms with Crippen LogP contribution >= 0.6 is 11.3 Å². The van der Waals surface area contributed by atoms with Gasteiger partial charge in [-0.25, -0.2) is 9.37 Å². The Kier molecular flexibility index (Phi) is 11.6. The Morgan fingerprint density at radius 3 is 2.56 bits per heavy atom. The molecule has 45 heavy (non-hydrogen) atoms. The predicted molar refractivity (Wildman–Crippen MR) is 172 cm³/mol. The van der Waals surface area contributed by atoms with Crippen LogP contribution in [0.1, 0.15) is 83.4 Å². The average molecular weight is 646 g/mol. The highest BCUT2D eigenvalue weighted by atomic mass is 32.1. The van der Waals surface area contributed by atoms with Crippen molar-refractivity contribution in [1.82, 2.24) is 20.5 Å². The zero-order valence-corrected chi connectivity index (χ0v) is 27.7. The van der Waals surface area contributed by atoms with Gasteiger partial charge >= 0.3 is 0 Å². The van der Waals surface area contributed by atoms with E-state index in [-0.39, 0.29) is 32.4 Å². The molecule has 1 aromatic heterocycles. The molecule has 3 atom stereocenters. The van der Waals surface area contributed by atoms with E-state index < -0.39 is 47.0 Å².